The summed E-state index contributed by atoms with van der Waals surface area (Å²) in [5.74, 6) is 0.501. The quantitative estimate of drug-likeness (QED) is 0.919. The Labute approximate surface area is 124 Å². The molecular formula is C15H19N5O. The number of carbonyl (C=O) groups excluding carboxylic acids is 1. The third-order valence-electron chi connectivity index (χ3n) is 3.15. The molecule has 0 fully saturated rings. The summed E-state index contributed by atoms with van der Waals surface area (Å²) in [6.07, 6.45) is 0. The Morgan fingerprint density at radius 1 is 1.14 bits per heavy atom. The molecule has 2 N–H and O–H groups in total. The summed E-state index contributed by atoms with van der Waals surface area (Å²) in [6, 6.07) is 11.3. The maximum atomic E-state index is 11.8. The number of hydrogen-bond donors (Lipinski definition) is 1. The molecule has 0 atom stereocenters. The number of nitrogens with zero attached hydrogens (tertiary/aromatic N) is 4. The molecule has 0 unspecified atom stereocenters. The fourth-order valence-corrected chi connectivity index (χ4v) is 1.87. The van der Waals surface area contributed by atoms with E-state index < -0.39 is 0 Å². The van der Waals surface area contributed by atoms with Crippen LogP contribution in [0.15, 0.2) is 36.4 Å². The van der Waals surface area contributed by atoms with Crippen molar-refractivity contribution in [3.05, 3.63) is 47.7 Å². The second-order valence-electron chi connectivity index (χ2n) is 4.91. The molecule has 1 aromatic carbocycles. The molecule has 1 amide bonds. The largest absolute Gasteiger partial charge is 0.343 e. The summed E-state index contributed by atoms with van der Waals surface area (Å²) in [4.78, 5) is 15.1. The Hall–Kier alpha value is -2.47. The highest BCUT2D eigenvalue weighted by Gasteiger charge is 2.12. The molecule has 0 saturated heterocycles. The first kappa shape index (κ1) is 14.9. The highest BCUT2D eigenvalue weighted by atomic mass is 16.2. The normalized spacial score (nSPS) is 10.3. The first-order valence-corrected chi connectivity index (χ1v) is 6.61. The number of rotatable bonds is 4. The molecule has 1 heterocycles. The van der Waals surface area contributed by atoms with Gasteiger partial charge in [0.15, 0.2) is 11.5 Å². The molecule has 110 valence electrons. The SMILES string of the molecule is CN(C)C(=O)c1ccc(N(C)c2cccc(CN)c2)nn1. The van der Waals surface area contributed by atoms with Crippen LogP contribution in [-0.2, 0) is 6.54 Å². The fraction of sp³-hybridized carbons (Fsp3) is 0.267. The summed E-state index contributed by atoms with van der Waals surface area (Å²) < 4.78 is 0. The number of nitrogens with two attached hydrogens (primary N) is 1. The van der Waals surface area contributed by atoms with Crippen LogP contribution >= 0.6 is 0 Å². The lowest BCUT2D eigenvalue weighted by Crippen LogP contribution is -2.23. The van der Waals surface area contributed by atoms with Crippen molar-refractivity contribution in [2.75, 3.05) is 26.0 Å². The summed E-state index contributed by atoms with van der Waals surface area (Å²) >= 11 is 0. The third-order valence-corrected chi connectivity index (χ3v) is 3.15. The first-order valence-electron chi connectivity index (χ1n) is 6.61. The summed E-state index contributed by atoms with van der Waals surface area (Å²) in [5.41, 5.74) is 8.00. The Bertz CT molecular complexity index is 624. The molecule has 0 aliphatic heterocycles. The van der Waals surface area contributed by atoms with Crippen LogP contribution < -0.4 is 10.6 Å². The molecule has 6 nitrogen and oxygen atoms in total. The lowest BCUT2D eigenvalue weighted by Gasteiger charge is -2.18. The van der Waals surface area contributed by atoms with Crippen LogP contribution in [-0.4, -0.2) is 42.1 Å². The number of aromatic nitrogens is 2. The summed E-state index contributed by atoms with van der Waals surface area (Å²) in [6.45, 7) is 0.490. The monoisotopic (exact) mass is 285 g/mol. The number of hydrogen-bond acceptors (Lipinski definition) is 5. The lowest BCUT2D eigenvalue weighted by atomic mass is 10.2. The topological polar surface area (TPSA) is 75.4 Å². The van der Waals surface area contributed by atoms with Crippen LogP contribution in [0.1, 0.15) is 16.1 Å². The molecule has 1 aromatic heterocycles. The van der Waals surface area contributed by atoms with E-state index in [0.717, 1.165) is 11.3 Å². The fourth-order valence-electron chi connectivity index (χ4n) is 1.87. The molecule has 0 spiro atoms. The smallest absolute Gasteiger partial charge is 0.273 e. The molecule has 2 aromatic rings. The van der Waals surface area contributed by atoms with Crippen LogP contribution in [0.4, 0.5) is 11.5 Å². The third kappa shape index (κ3) is 3.35. The zero-order valence-corrected chi connectivity index (χ0v) is 12.4. The van der Waals surface area contributed by atoms with E-state index in [9.17, 15) is 4.79 Å². The standard InChI is InChI=1S/C15H19N5O/c1-19(2)15(21)13-7-8-14(18-17-13)20(3)12-6-4-5-11(9-12)10-16/h4-9H,10,16H2,1-3H3. The van der Waals surface area contributed by atoms with Crippen LogP contribution in [0.2, 0.25) is 0 Å². The van der Waals surface area contributed by atoms with Gasteiger partial charge in [0.05, 0.1) is 0 Å². The van der Waals surface area contributed by atoms with Gasteiger partial charge in [-0.05, 0) is 29.8 Å². The van der Waals surface area contributed by atoms with Crippen LogP contribution in [0, 0.1) is 0 Å². The van der Waals surface area contributed by atoms with Gasteiger partial charge >= 0.3 is 0 Å². The van der Waals surface area contributed by atoms with Crippen molar-refractivity contribution in [3.8, 4) is 0 Å². The highest BCUT2D eigenvalue weighted by molar-refractivity contribution is 5.91. The molecule has 0 radical (unpaired) electrons. The molecule has 0 saturated carbocycles. The minimum atomic E-state index is -0.165. The first-order chi connectivity index (χ1) is 10.0. The molecule has 0 aliphatic rings. The zero-order chi connectivity index (χ0) is 15.4. The van der Waals surface area contributed by atoms with Gasteiger partial charge in [-0.15, -0.1) is 10.2 Å². The molecule has 0 aliphatic carbocycles. The number of benzene rings is 1. The zero-order valence-electron chi connectivity index (χ0n) is 12.4. The number of anilines is 2. The minimum Gasteiger partial charge on any atom is -0.343 e. The van der Waals surface area contributed by atoms with Crippen molar-refractivity contribution in [2.24, 2.45) is 5.73 Å². The van der Waals surface area contributed by atoms with Gasteiger partial charge in [-0.1, -0.05) is 12.1 Å². The van der Waals surface area contributed by atoms with Crippen molar-refractivity contribution in [2.45, 2.75) is 6.54 Å². The van der Waals surface area contributed by atoms with Gasteiger partial charge in [0.25, 0.3) is 5.91 Å². The van der Waals surface area contributed by atoms with Crippen molar-refractivity contribution >= 4 is 17.4 Å². The van der Waals surface area contributed by atoms with Gasteiger partial charge in [-0.2, -0.15) is 0 Å². The predicted molar refractivity (Wildman–Crippen MR) is 82.4 cm³/mol. The van der Waals surface area contributed by atoms with E-state index in [1.807, 2.05) is 36.2 Å². The average Bonchev–Trinajstić information content (AvgIpc) is 2.53. The molecule has 0 bridgehead atoms. The lowest BCUT2D eigenvalue weighted by molar-refractivity contribution is 0.0821. The van der Waals surface area contributed by atoms with Crippen molar-refractivity contribution in [3.63, 3.8) is 0 Å². The molecule has 6 heteroatoms. The van der Waals surface area contributed by atoms with Crippen LogP contribution in [0.5, 0.6) is 0 Å². The van der Waals surface area contributed by atoms with Gasteiger partial charge in [-0.25, -0.2) is 0 Å². The molecule has 2 rings (SSSR count). The van der Waals surface area contributed by atoms with E-state index in [1.54, 1.807) is 26.2 Å². The van der Waals surface area contributed by atoms with Gasteiger partial charge in [-0.3, -0.25) is 4.79 Å². The van der Waals surface area contributed by atoms with Gasteiger partial charge in [0.2, 0.25) is 0 Å². The van der Waals surface area contributed by atoms with E-state index in [1.165, 1.54) is 4.90 Å². The van der Waals surface area contributed by atoms with Crippen LogP contribution in [0.3, 0.4) is 0 Å². The van der Waals surface area contributed by atoms with Gasteiger partial charge in [0, 0.05) is 33.4 Å². The van der Waals surface area contributed by atoms with E-state index in [2.05, 4.69) is 10.2 Å². The summed E-state index contributed by atoms with van der Waals surface area (Å²) in [5, 5.41) is 8.09. The second kappa shape index (κ2) is 6.32. The van der Waals surface area contributed by atoms with Crippen molar-refractivity contribution in [1.29, 1.82) is 0 Å². The van der Waals surface area contributed by atoms with E-state index in [0.29, 0.717) is 18.1 Å². The van der Waals surface area contributed by atoms with Gasteiger partial charge in [0.1, 0.15) is 0 Å². The number of carbonyl (C=O) groups is 1. The predicted octanol–water partition coefficient (Wildman–Crippen LogP) is 1.40. The van der Waals surface area contributed by atoms with E-state index in [4.69, 9.17) is 5.73 Å². The van der Waals surface area contributed by atoms with Crippen molar-refractivity contribution < 1.29 is 4.79 Å². The molecule has 21 heavy (non-hydrogen) atoms. The van der Waals surface area contributed by atoms with E-state index in [-0.39, 0.29) is 5.91 Å². The average molecular weight is 285 g/mol. The highest BCUT2D eigenvalue weighted by Crippen LogP contribution is 2.22. The van der Waals surface area contributed by atoms with Crippen molar-refractivity contribution in [1.82, 2.24) is 15.1 Å². The minimum absolute atomic E-state index is 0.165. The Kier molecular flexibility index (Phi) is 4.49. The van der Waals surface area contributed by atoms with Gasteiger partial charge < -0.3 is 15.5 Å². The molecular weight excluding hydrogens is 266 g/mol. The Morgan fingerprint density at radius 2 is 1.90 bits per heavy atom. The maximum Gasteiger partial charge on any atom is 0.273 e. The Morgan fingerprint density at radius 3 is 2.48 bits per heavy atom. The number of amides is 1. The van der Waals surface area contributed by atoms with E-state index >= 15 is 0 Å². The van der Waals surface area contributed by atoms with Crippen LogP contribution in [0.25, 0.3) is 0 Å². The second-order valence-corrected chi connectivity index (χ2v) is 4.91. The maximum absolute atomic E-state index is 11.8. The summed E-state index contributed by atoms with van der Waals surface area (Å²) in [7, 11) is 5.26. The Balaban J connectivity index is 2.23.